The first-order valence-corrected chi connectivity index (χ1v) is 7.40. The van der Waals surface area contributed by atoms with E-state index in [-0.39, 0.29) is 5.78 Å². The zero-order valence-electron chi connectivity index (χ0n) is 13.2. The number of carbonyl (C=O) groups is 2. The van der Waals surface area contributed by atoms with Gasteiger partial charge in [0.1, 0.15) is 6.04 Å². The highest BCUT2D eigenvalue weighted by molar-refractivity contribution is 5.97. The first-order chi connectivity index (χ1) is 9.82. The molecule has 1 fully saturated rings. The second-order valence-electron chi connectivity index (χ2n) is 6.01. The fourth-order valence-corrected chi connectivity index (χ4v) is 3.51. The van der Waals surface area contributed by atoms with Gasteiger partial charge in [-0.15, -0.1) is 0 Å². The molecular formula is C17H23NO3. The Hall–Kier alpha value is -1.68. The highest BCUT2D eigenvalue weighted by Crippen LogP contribution is 2.27. The van der Waals surface area contributed by atoms with Crippen molar-refractivity contribution in [3.63, 3.8) is 0 Å². The molecule has 1 heterocycles. The third-order valence-corrected chi connectivity index (χ3v) is 4.49. The summed E-state index contributed by atoms with van der Waals surface area (Å²) in [4.78, 5) is 25.2. The predicted molar refractivity (Wildman–Crippen MR) is 81.7 cm³/mol. The molecule has 0 spiro atoms. The summed E-state index contributed by atoms with van der Waals surface area (Å²) in [5.74, 6) is -0.677. The summed E-state index contributed by atoms with van der Waals surface area (Å²) >= 11 is 0. The number of aliphatic carboxylic acids is 1. The molecule has 1 aliphatic rings. The number of hydrogen-bond donors (Lipinski definition) is 1. The second kappa shape index (κ2) is 5.98. The van der Waals surface area contributed by atoms with E-state index in [4.69, 9.17) is 0 Å². The van der Waals surface area contributed by atoms with Crippen molar-refractivity contribution in [1.82, 2.24) is 4.90 Å². The van der Waals surface area contributed by atoms with Crippen molar-refractivity contribution in [2.45, 2.75) is 53.1 Å². The van der Waals surface area contributed by atoms with Gasteiger partial charge in [-0.2, -0.15) is 0 Å². The van der Waals surface area contributed by atoms with Crippen LogP contribution >= 0.6 is 0 Å². The summed E-state index contributed by atoms with van der Waals surface area (Å²) in [6, 6.07) is 1.64. The summed E-state index contributed by atoms with van der Waals surface area (Å²) < 4.78 is 0. The number of aryl methyl sites for hydroxylation is 2. The van der Waals surface area contributed by atoms with Crippen LogP contribution < -0.4 is 0 Å². The number of benzene rings is 1. The number of nitrogens with zero attached hydrogens (tertiary/aromatic N) is 1. The normalized spacial score (nSPS) is 19.0. The lowest BCUT2D eigenvalue weighted by Gasteiger charge is -2.24. The van der Waals surface area contributed by atoms with Gasteiger partial charge in [-0.3, -0.25) is 14.5 Å². The van der Waals surface area contributed by atoms with Crippen LogP contribution in [0.2, 0.25) is 0 Å². The summed E-state index contributed by atoms with van der Waals surface area (Å²) in [6.07, 6.45) is 1.62. The number of likely N-dealkylation sites (tertiary alicyclic amines) is 1. The molecule has 0 radical (unpaired) electrons. The lowest BCUT2D eigenvalue weighted by Crippen LogP contribution is -2.35. The van der Waals surface area contributed by atoms with Crippen molar-refractivity contribution in [2.24, 2.45) is 0 Å². The third-order valence-electron chi connectivity index (χ3n) is 4.49. The molecule has 0 saturated carbocycles. The minimum absolute atomic E-state index is 0.0717. The molecule has 0 bridgehead atoms. The Balaban J connectivity index is 2.38. The molecule has 21 heavy (non-hydrogen) atoms. The smallest absolute Gasteiger partial charge is 0.320 e. The highest BCUT2D eigenvalue weighted by Gasteiger charge is 2.31. The monoisotopic (exact) mass is 289 g/mol. The summed E-state index contributed by atoms with van der Waals surface area (Å²) in [5.41, 5.74) is 5.00. The molecule has 1 N–H and O–H groups in total. The number of rotatable bonds is 4. The molecule has 0 aliphatic carbocycles. The van der Waals surface area contributed by atoms with Crippen molar-refractivity contribution >= 4 is 11.8 Å². The topological polar surface area (TPSA) is 57.6 Å². The van der Waals surface area contributed by atoms with Gasteiger partial charge in [0.05, 0.1) is 0 Å². The van der Waals surface area contributed by atoms with E-state index in [1.54, 1.807) is 6.92 Å². The van der Waals surface area contributed by atoms with Gasteiger partial charge in [-0.1, -0.05) is 6.07 Å². The van der Waals surface area contributed by atoms with Crippen LogP contribution in [0.4, 0.5) is 0 Å². The van der Waals surface area contributed by atoms with Crippen molar-refractivity contribution in [3.05, 3.63) is 33.9 Å². The van der Waals surface area contributed by atoms with Crippen LogP contribution in [0.1, 0.15) is 52.4 Å². The molecule has 1 atom stereocenters. The van der Waals surface area contributed by atoms with Crippen molar-refractivity contribution in [3.8, 4) is 0 Å². The molecule has 0 unspecified atom stereocenters. The number of carboxylic acid groups (broad SMARTS) is 1. The minimum atomic E-state index is -0.748. The number of hydrogen-bond acceptors (Lipinski definition) is 3. The largest absolute Gasteiger partial charge is 0.480 e. The fraction of sp³-hybridized carbons (Fsp3) is 0.529. The van der Waals surface area contributed by atoms with Crippen molar-refractivity contribution in [1.29, 1.82) is 0 Å². The van der Waals surface area contributed by atoms with Crippen LogP contribution in [-0.4, -0.2) is 34.3 Å². The molecule has 1 aromatic carbocycles. The van der Waals surface area contributed by atoms with Crippen LogP contribution in [0, 0.1) is 20.8 Å². The average Bonchev–Trinajstić information content (AvgIpc) is 2.81. The summed E-state index contributed by atoms with van der Waals surface area (Å²) in [6.45, 7) is 8.96. The number of Topliss-reactive ketones (excluding diaryl/α,β-unsaturated/α-hetero) is 1. The Kier molecular flexibility index (Phi) is 4.47. The Morgan fingerprint density at radius 1 is 1.29 bits per heavy atom. The van der Waals surface area contributed by atoms with Gasteiger partial charge in [-0.25, -0.2) is 0 Å². The molecule has 4 nitrogen and oxygen atoms in total. The van der Waals surface area contributed by atoms with Crippen LogP contribution in [0.25, 0.3) is 0 Å². The zero-order chi connectivity index (χ0) is 15.7. The van der Waals surface area contributed by atoms with Gasteiger partial charge >= 0.3 is 5.97 Å². The van der Waals surface area contributed by atoms with Gasteiger partial charge in [0.25, 0.3) is 0 Å². The van der Waals surface area contributed by atoms with E-state index in [0.29, 0.717) is 13.0 Å². The van der Waals surface area contributed by atoms with E-state index < -0.39 is 12.0 Å². The molecule has 4 heteroatoms. The Morgan fingerprint density at radius 2 is 1.95 bits per heavy atom. The quantitative estimate of drug-likeness (QED) is 0.866. The van der Waals surface area contributed by atoms with E-state index in [0.717, 1.165) is 40.8 Å². The number of ketones is 1. The maximum absolute atomic E-state index is 11.9. The van der Waals surface area contributed by atoms with E-state index in [1.807, 2.05) is 31.7 Å². The van der Waals surface area contributed by atoms with E-state index in [2.05, 4.69) is 0 Å². The number of carboxylic acids is 1. The summed E-state index contributed by atoms with van der Waals surface area (Å²) in [5, 5.41) is 9.29. The third kappa shape index (κ3) is 3.00. The van der Waals surface area contributed by atoms with Gasteiger partial charge in [0, 0.05) is 12.1 Å². The average molecular weight is 289 g/mol. The predicted octanol–water partition coefficient (Wildman–Crippen LogP) is 2.86. The first kappa shape index (κ1) is 15.7. The zero-order valence-corrected chi connectivity index (χ0v) is 13.2. The Labute approximate surface area is 125 Å². The first-order valence-electron chi connectivity index (χ1n) is 7.40. The maximum Gasteiger partial charge on any atom is 0.320 e. The van der Waals surface area contributed by atoms with Gasteiger partial charge in [0.15, 0.2) is 5.78 Å². The van der Waals surface area contributed by atoms with E-state index in [9.17, 15) is 14.7 Å². The minimum Gasteiger partial charge on any atom is -0.480 e. The lowest BCUT2D eigenvalue weighted by atomic mass is 9.91. The number of carbonyl (C=O) groups excluding carboxylic acids is 1. The molecular weight excluding hydrogens is 266 g/mol. The van der Waals surface area contributed by atoms with E-state index in [1.165, 1.54) is 0 Å². The Bertz CT molecular complexity index is 592. The molecule has 1 aromatic rings. The van der Waals surface area contributed by atoms with Crippen LogP contribution in [0.15, 0.2) is 6.07 Å². The van der Waals surface area contributed by atoms with Gasteiger partial charge in [-0.05, 0) is 69.3 Å². The van der Waals surface area contributed by atoms with Gasteiger partial charge < -0.3 is 5.11 Å². The fourth-order valence-electron chi connectivity index (χ4n) is 3.51. The molecule has 1 aliphatic heterocycles. The van der Waals surface area contributed by atoms with Crippen LogP contribution in [-0.2, 0) is 11.3 Å². The standard InChI is InChI=1S/C17H23NO3/c1-10-8-11(2)16(13(4)19)12(3)14(10)9-18-7-5-6-15(18)17(20)21/h8,15H,5-7,9H2,1-4H3,(H,20,21)/t15-/m0/s1. The summed E-state index contributed by atoms with van der Waals surface area (Å²) in [7, 11) is 0. The maximum atomic E-state index is 11.9. The highest BCUT2D eigenvalue weighted by atomic mass is 16.4. The SMILES string of the molecule is CC(=O)c1c(C)cc(C)c(CN2CCC[C@H]2C(=O)O)c1C. The molecule has 1 saturated heterocycles. The van der Waals surface area contributed by atoms with Crippen molar-refractivity contribution in [2.75, 3.05) is 6.54 Å². The van der Waals surface area contributed by atoms with Crippen LogP contribution in [0.3, 0.4) is 0 Å². The molecule has 0 amide bonds. The second-order valence-corrected chi connectivity index (χ2v) is 6.01. The van der Waals surface area contributed by atoms with Gasteiger partial charge in [0.2, 0.25) is 0 Å². The molecule has 0 aromatic heterocycles. The van der Waals surface area contributed by atoms with E-state index >= 15 is 0 Å². The van der Waals surface area contributed by atoms with Crippen LogP contribution in [0.5, 0.6) is 0 Å². The molecule has 2 rings (SSSR count). The Morgan fingerprint density at radius 3 is 2.52 bits per heavy atom. The molecule has 114 valence electrons. The lowest BCUT2D eigenvalue weighted by molar-refractivity contribution is -0.142. The van der Waals surface area contributed by atoms with Crippen molar-refractivity contribution < 1.29 is 14.7 Å².